The van der Waals surface area contributed by atoms with Gasteiger partial charge in [-0.15, -0.1) is 24.0 Å². The molecule has 2 saturated heterocycles. The van der Waals surface area contributed by atoms with Gasteiger partial charge in [0.2, 0.25) is 11.8 Å². The van der Waals surface area contributed by atoms with Gasteiger partial charge in [0.15, 0.2) is 5.96 Å². The molecule has 11 heteroatoms. The van der Waals surface area contributed by atoms with Crippen LogP contribution < -0.4 is 10.6 Å². The summed E-state index contributed by atoms with van der Waals surface area (Å²) in [6.45, 7) is 1.16. The lowest BCUT2D eigenvalue weighted by atomic mass is 9.85. The zero-order valence-corrected chi connectivity index (χ0v) is 19.7. The summed E-state index contributed by atoms with van der Waals surface area (Å²) in [5, 5.41) is 6.24. The fourth-order valence-electron chi connectivity index (χ4n) is 5.41. The van der Waals surface area contributed by atoms with Gasteiger partial charge in [0, 0.05) is 33.2 Å². The van der Waals surface area contributed by atoms with Crippen molar-refractivity contribution in [3.05, 3.63) is 12.2 Å². The maximum atomic E-state index is 12.7. The lowest BCUT2D eigenvalue weighted by Gasteiger charge is -2.20. The van der Waals surface area contributed by atoms with Crippen molar-refractivity contribution in [2.24, 2.45) is 34.6 Å². The third-order valence-electron chi connectivity index (χ3n) is 6.74. The molecule has 2 heterocycles. The molecule has 31 heavy (non-hydrogen) atoms. The van der Waals surface area contributed by atoms with E-state index in [-0.39, 0.29) is 71.9 Å². The van der Waals surface area contributed by atoms with Gasteiger partial charge in [0.25, 0.3) is 0 Å². The monoisotopic (exact) mass is 555 g/mol. The number of aliphatic imine (C=N–C) groups is 1. The Hall–Kier alpha value is -1.37. The van der Waals surface area contributed by atoms with Crippen LogP contribution in [0, 0.1) is 29.6 Å². The molecule has 0 aromatic heterocycles. The molecule has 174 valence electrons. The van der Waals surface area contributed by atoms with Crippen molar-refractivity contribution < 1.29 is 22.8 Å². The Morgan fingerprint density at radius 2 is 1.81 bits per heavy atom. The van der Waals surface area contributed by atoms with Crippen molar-refractivity contribution in [1.29, 1.82) is 0 Å². The zero-order chi connectivity index (χ0) is 21.5. The number of imide groups is 1. The van der Waals surface area contributed by atoms with Gasteiger partial charge in [-0.2, -0.15) is 13.2 Å². The predicted octanol–water partition coefficient (Wildman–Crippen LogP) is 1.46. The van der Waals surface area contributed by atoms with E-state index < -0.39 is 12.7 Å². The molecule has 2 N–H and O–H groups in total. The van der Waals surface area contributed by atoms with Gasteiger partial charge < -0.3 is 10.6 Å². The fraction of sp³-hybridized carbons (Fsp3) is 0.750. The third kappa shape index (κ3) is 5.18. The summed E-state index contributed by atoms with van der Waals surface area (Å²) in [5.41, 5.74) is 0. The van der Waals surface area contributed by atoms with Crippen LogP contribution in [0.25, 0.3) is 0 Å². The second-order valence-electron chi connectivity index (χ2n) is 8.71. The predicted molar refractivity (Wildman–Crippen MR) is 120 cm³/mol. The highest BCUT2D eigenvalue weighted by Crippen LogP contribution is 2.52. The van der Waals surface area contributed by atoms with Crippen LogP contribution in [0.4, 0.5) is 13.2 Å². The maximum Gasteiger partial charge on any atom is 0.401 e. The number of amides is 2. The molecule has 2 bridgehead atoms. The number of alkyl halides is 3. The number of allylic oxidation sites excluding steroid dienone is 2. The van der Waals surface area contributed by atoms with Crippen molar-refractivity contribution in [3.63, 3.8) is 0 Å². The van der Waals surface area contributed by atoms with E-state index in [0.717, 1.165) is 6.42 Å². The summed E-state index contributed by atoms with van der Waals surface area (Å²) in [6.07, 6.45) is 1.60. The minimum Gasteiger partial charge on any atom is -0.356 e. The van der Waals surface area contributed by atoms with Gasteiger partial charge in [0.1, 0.15) is 0 Å². The molecule has 0 spiro atoms. The molecule has 0 radical (unpaired) electrons. The fourth-order valence-corrected chi connectivity index (χ4v) is 5.41. The Labute approximate surface area is 196 Å². The highest BCUT2D eigenvalue weighted by Gasteiger charge is 2.58. The van der Waals surface area contributed by atoms with E-state index in [9.17, 15) is 22.8 Å². The van der Waals surface area contributed by atoms with Crippen molar-refractivity contribution in [3.8, 4) is 0 Å². The second kappa shape index (κ2) is 9.63. The normalized spacial score (nSPS) is 32.6. The lowest BCUT2D eigenvalue weighted by Crippen LogP contribution is -2.45. The largest absolute Gasteiger partial charge is 0.401 e. The average Bonchev–Trinajstić information content (AvgIpc) is 3.44. The highest BCUT2D eigenvalue weighted by atomic mass is 127. The number of hydrogen-bond acceptors (Lipinski definition) is 4. The van der Waals surface area contributed by atoms with Gasteiger partial charge in [-0.3, -0.25) is 24.4 Å². The molecule has 4 rings (SSSR count). The highest BCUT2D eigenvalue weighted by molar-refractivity contribution is 14.0. The van der Waals surface area contributed by atoms with E-state index in [4.69, 9.17) is 0 Å². The molecule has 2 amide bonds. The number of carbonyl (C=O) groups is 2. The van der Waals surface area contributed by atoms with Crippen LogP contribution in [-0.4, -0.2) is 80.1 Å². The van der Waals surface area contributed by atoms with Gasteiger partial charge in [-0.1, -0.05) is 12.2 Å². The average molecular weight is 555 g/mol. The van der Waals surface area contributed by atoms with Crippen molar-refractivity contribution in [2.45, 2.75) is 19.0 Å². The van der Waals surface area contributed by atoms with E-state index in [1.165, 1.54) is 9.80 Å². The molecule has 2 aliphatic heterocycles. The summed E-state index contributed by atoms with van der Waals surface area (Å²) in [4.78, 5) is 32.3. The molecule has 0 aromatic carbocycles. The number of nitrogens with zero attached hydrogens (tertiary/aromatic N) is 3. The van der Waals surface area contributed by atoms with E-state index in [1.807, 2.05) is 0 Å². The van der Waals surface area contributed by atoms with Crippen molar-refractivity contribution >= 4 is 41.8 Å². The van der Waals surface area contributed by atoms with Crippen LogP contribution in [-0.2, 0) is 9.59 Å². The summed E-state index contributed by atoms with van der Waals surface area (Å²) in [6, 6.07) is 0. The molecule has 4 aliphatic rings. The van der Waals surface area contributed by atoms with Crippen LogP contribution in [0.3, 0.4) is 0 Å². The van der Waals surface area contributed by atoms with Crippen LogP contribution in [0.15, 0.2) is 17.1 Å². The molecule has 1 saturated carbocycles. The maximum absolute atomic E-state index is 12.7. The molecule has 5 unspecified atom stereocenters. The number of carbonyl (C=O) groups excluding carboxylic acids is 2. The molecule has 5 atom stereocenters. The first-order chi connectivity index (χ1) is 14.3. The Balaban J connectivity index is 0.00000272. The van der Waals surface area contributed by atoms with E-state index in [2.05, 4.69) is 27.8 Å². The van der Waals surface area contributed by atoms with Crippen LogP contribution in [0.1, 0.15) is 12.8 Å². The molecular weight excluding hydrogens is 526 g/mol. The Bertz CT molecular complexity index is 730. The quantitative estimate of drug-likeness (QED) is 0.171. The minimum absolute atomic E-state index is 0. The van der Waals surface area contributed by atoms with Gasteiger partial charge in [-0.05, 0) is 37.1 Å². The van der Waals surface area contributed by atoms with E-state index >= 15 is 0 Å². The van der Waals surface area contributed by atoms with Crippen molar-refractivity contribution in [1.82, 2.24) is 20.4 Å². The standard InChI is InChI=1S/C20H28F3N5O2.HI/c1-24-19(26-9-12-4-6-27(10-12)11-20(21,22)23)25-5-7-28-17(29)15-13-2-3-14(8-13)16(15)18(28)30;/h2-3,12-16H,4-11H2,1H3,(H2,24,25,26);1H. The van der Waals surface area contributed by atoms with E-state index in [0.29, 0.717) is 38.6 Å². The Kier molecular flexibility index (Phi) is 7.54. The molecule has 0 aromatic rings. The minimum atomic E-state index is -4.17. The Morgan fingerprint density at radius 3 is 2.39 bits per heavy atom. The molecule has 2 aliphatic carbocycles. The number of fused-ring (bicyclic) bond motifs is 5. The number of likely N-dealkylation sites (tertiary alicyclic amines) is 2. The topological polar surface area (TPSA) is 77.0 Å². The van der Waals surface area contributed by atoms with Crippen LogP contribution in [0.2, 0.25) is 0 Å². The second-order valence-corrected chi connectivity index (χ2v) is 8.71. The number of nitrogens with one attached hydrogen (secondary N) is 2. The van der Waals surface area contributed by atoms with Gasteiger partial charge >= 0.3 is 6.18 Å². The Morgan fingerprint density at radius 1 is 1.16 bits per heavy atom. The van der Waals surface area contributed by atoms with Crippen LogP contribution >= 0.6 is 24.0 Å². The lowest BCUT2D eigenvalue weighted by molar-refractivity contribution is -0.144. The number of hydrogen-bond donors (Lipinski definition) is 2. The van der Waals surface area contributed by atoms with Crippen LogP contribution in [0.5, 0.6) is 0 Å². The third-order valence-corrected chi connectivity index (χ3v) is 6.74. The van der Waals surface area contributed by atoms with Gasteiger partial charge in [0.05, 0.1) is 18.4 Å². The zero-order valence-electron chi connectivity index (χ0n) is 17.4. The van der Waals surface area contributed by atoms with E-state index in [1.54, 1.807) is 7.05 Å². The number of guanidine groups is 1. The molecule has 7 nitrogen and oxygen atoms in total. The van der Waals surface area contributed by atoms with Crippen molar-refractivity contribution in [2.75, 3.05) is 46.3 Å². The molecular formula is C20H29F3IN5O2. The smallest absolute Gasteiger partial charge is 0.356 e. The molecule has 3 fully saturated rings. The summed E-state index contributed by atoms with van der Waals surface area (Å²) < 4.78 is 37.5. The first-order valence-electron chi connectivity index (χ1n) is 10.5. The summed E-state index contributed by atoms with van der Waals surface area (Å²) >= 11 is 0. The first kappa shape index (κ1) is 24.3. The van der Waals surface area contributed by atoms with Gasteiger partial charge in [-0.25, -0.2) is 0 Å². The first-order valence-corrected chi connectivity index (χ1v) is 10.5. The summed E-state index contributed by atoms with van der Waals surface area (Å²) in [5.74, 6) is 0.531. The summed E-state index contributed by atoms with van der Waals surface area (Å²) in [7, 11) is 1.61. The number of rotatable bonds is 6. The SMILES string of the molecule is CN=C(NCCN1C(=O)C2C3C=CC(C3)C2C1=O)NCC1CCN(CC(F)(F)F)C1.I. The number of halogens is 4.